The molecule has 0 radical (unpaired) electrons. The Labute approximate surface area is 132 Å². The molecule has 0 spiro atoms. The Balaban J connectivity index is 2.20. The van der Waals surface area contributed by atoms with Crippen LogP contribution in [0.3, 0.4) is 0 Å². The van der Waals surface area contributed by atoms with E-state index in [1.165, 1.54) is 0 Å². The van der Waals surface area contributed by atoms with Crippen LogP contribution in [0.25, 0.3) is 0 Å². The highest BCUT2D eigenvalue weighted by Gasteiger charge is 2.21. The zero-order valence-electron chi connectivity index (χ0n) is 12.8. The van der Waals surface area contributed by atoms with Gasteiger partial charge in [0.15, 0.2) is 0 Å². The smallest absolute Gasteiger partial charge is 0.224 e. The van der Waals surface area contributed by atoms with Crippen LogP contribution in [0.2, 0.25) is 24.9 Å². The van der Waals surface area contributed by atoms with Crippen molar-refractivity contribution in [1.29, 1.82) is 0 Å². The molecule has 1 aliphatic carbocycles. The van der Waals surface area contributed by atoms with E-state index in [0.29, 0.717) is 5.82 Å². The molecule has 0 aliphatic heterocycles. The van der Waals surface area contributed by atoms with Crippen LogP contribution in [0, 0.1) is 11.5 Å². The van der Waals surface area contributed by atoms with Crippen LogP contribution in [0.1, 0.15) is 31.2 Å². The molecule has 1 aliphatic rings. The summed E-state index contributed by atoms with van der Waals surface area (Å²) >= 11 is 5.90. The monoisotopic (exact) mass is 323 g/mol. The predicted octanol–water partition coefficient (Wildman–Crippen LogP) is 3.07. The number of rotatable bonds is 2. The molecule has 6 heteroatoms. The number of aliphatic hydroxyl groups is 1. The van der Waals surface area contributed by atoms with Gasteiger partial charge in [0.05, 0.1) is 11.7 Å². The molecule has 4 nitrogen and oxygen atoms in total. The first-order valence-corrected chi connectivity index (χ1v) is 11.2. The topological polar surface area (TPSA) is 58.0 Å². The average Bonchev–Trinajstić information content (AvgIpc) is 2.36. The van der Waals surface area contributed by atoms with Crippen molar-refractivity contribution in [2.45, 2.75) is 57.5 Å². The second-order valence-electron chi connectivity index (χ2n) is 6.56. The summed E-state index contributed by atoms with van der Waals surface area (Å²) in [6.45, 7) is 6.59. The molecule has 2 atom stereocenters. The van der Waals surface area contributed by atoms with Crippen molar-refractivity contribution in [3.05, 3.63) is 17.0 Å². The molecule has 1 aromatic heterocycles. The Kier molecular flexibility index (Phi) is 5.25. The minimum Gasteiger partial charge on any atom is -0.393 e. The summed E-state index contributed by atoms with van der Waals surface area (Å²) < 4.78 is 0. The van der Waals surface area contributed by atoms with Crippen LogP contribution in [-0.4, -0.2) is 35.3 Å². The number of anilines is 1. The van der Waals surface area contributed by atoms with Gasteiger partial charge in [-0.05, 0) is 37.3 Å². The van der Waals surface area contributed by atoms with Crippen LogP contribution in [0.5, 0.6) is 0 Å². The fourth-order valence-corrected chi connectivity index (χ4v) is 2.95. The molecule has 2 rings (SSSR count). The van der Waals surface area contributed by atoms with E-state index in [1.54, 1.807) is 6.20 Å². The van der Waals surface area contributed by atoms with Gasteiger partial charge < -0.3 is 10.4 Å². The number of nitrogens with zero attached hydrogens (tertiary/aromatic N) is 2. The second kappa shape index (κ2) is 6.78. The number of hydrogen-bond acceptors (Lipinski definition) is 4. The lowest BCUT2D eigenvalue weighted by molar-refractivity contribution is 0.124. The summed E-state index contributed by atoms with van der Waals surface area (Å²) in [5, 5.41) is 13.4. The molecule has 0 saturated heterocycles. The molecular formula is C15H22ClN3OSi. The van der Waals surface area contributed by atoms with E-state index in [-0.39, 0.29) is 17.4 Å². The highest BCUT2D eigenvalue weighted by molar-refractivity contribution is 6.83. The van der Waals surface area contributed by atoms with Crippen molar-refractivity contribution in [1.82, 2.24) is 9.97 Å². The third-order valence-electron chi connectivity index (χ3n) is 3.32. The van der Waals surface area contributed by atoms with Crippen molar-refractivity contribution in [2.24, 2.45) is 0 Å². The summed E-state index contributed by atoms with van der Waals surface area (Å²) in [4.78, 5) is 8.29. The van der Waals surface area contributed by atoms with Gasteiger partial charge in [-0.25, -0.2) is 4.98 Å². The Morgan fingerprint density at radius 1 is 1.38 bits per heavy atom. The molecule has 0 amide bonds. The van der Waals surface area contributed by atoms with E-state index >= 15 is 0 Å². The van der Waals surface area contributed by atoms with Gasteiger partial charge in [-0.2, -0.15) is 4.98 Å². The number of aromatic nitrogens is 2. The molecule has 1 saturated carbocycles. The van der Waals surface area contributed by atoms with Gasteiger partial charge in [-0.3, -0.25) is 0 Å². The van der Waals surface area contributed by atoms with E-state index in [1.807, 2.05) is 0 Å². The first-order valence-electron chi connectivity index (χ1n) is 7.34. The van der Waals surface area contributed by atoms with Gasteiger partial charge in [-0.1, -0.05) is 25.6 Å². The van der Waals surface area contributed by atoms with Crippen LogP contribution >= 0.6 is 11.6 Å². The van der Waals surface area contributed by atoms with Gasteiger partial charge in [0.25, 0.3) is 0 Å². The third-order valence-corrected chi connectivity index (χ3v) is 4.38. The standard InChI is InChI=1S/C15H22ClN3OSi/c1-21(2,3)8-7-11-10-17-15(16)19-14(11)18-12-5-4-6-13(20)9-12/h10,12-13,20H,4-6,9H2,1-3H3,(H,17,18,19)/t12-,13-/m1/s1. The van der Waals surface area contributed by atoms with Crippen molar-refractivity contribution in [3.63, 3.8) is 0 Å². The number of halogens is 1. The fraction of sp³-hybridized carbons (Fsp3) is 0.600. The normalized spacial score (nSPS) is 22.3. The molecular weight excluding hydrogens is 302 g/mol. The zero-order valence-corrected chi connectivity index (χ0v) is 14.5. The van der Waals surface area contributed by atoms with Crippen LogP contribution in [0.15, 0.2) is 6.20 Å². The van der Waals surface area contributed by atoms with Crippen LogP contribution < -0.4 is 5.32 Å². The quantitative estimate of drug-likeness (QED) is 0.499. The predicted molar refractivity (Wildman–Crippen MR) is 89.2 cm³/mol. The van der Waals surface area contributed by atoms with E-state index in [0.717, 1.165) is 31.2 Å². The molecule has 0 unspecified atom stereocenters. The maximum Gasteiger partial charge on any atom is 0.224 e. The van der Waals surface area contributed by atoms with Crippen molar-refractivity contribution >= 4 is 25.5 Å². The number of nitrogens with one attached hydrogen (secondary N) is 1. The lowest BCUT2D eigenvalue weighted by Crippen LogP contribution is -2.30. The minimum atomic E-state index is -1.46. The summed E-state index contributed by atoms with van der Waals surface area (Å²) in [6, 6.07) is 0.215. The molecule has 1 heterocycles. The van der Waals surface area contributed by atoms with Gasteiger partial charge in [0.1, 0.15) is 13.9 Å². The molecule has 1 fully saturated rings. The summed E-state index contributed by atoms with van der Waals surface area (Å²) in [7, 11) is -1.46. The third kappa shape index (κ3) is 5.31. The molecule has 0 bridgehead atoms. The minimum absolute atomic E-state index is 0.215. The van der Waals surface area contributed by atoms with Crippen molar-refractivity contribution in [2.75, 3.05) is 5.32 Å². The SMILES string of the molecule is C[Si](C)(C)C#Cc1cnc(Cl)nc1N[C@@H]1CCC[C@@H](O)C1. The molecule has 114 valence electrons. The van der Waals surface area contributed by atoms with E-state index < -0.39 is 8.07 Å². The van der Waals surface area contributed by atoms with E-state index in [4.69, 9.17) is 11.6 Å². The van der Waals surface area contributed by atoms with E-state index in [2.05, 4.69) is 46.4 Å². The molecule has 1 aromatic rings. The molecule has 0 aromatic carbocycles. The average molecular weight is 324 g/mol. The van der Waals surface area contributed by atoms with Crippen molar-refractivity contribution < 1.29 is 5.11 Å². The highest BCUT2D eigenvalue weighted by Crippen LogP contribution is 2.23. The van der Waals surface area contributed by atoms with Crippen molar-refractivity contribution in [3.8, 4) is 11.5 Å². The van der Waals surface area contributed by atoms with Gasteiger partial charge in [0, 0.05) is 12.2 Å². The van der Waals surface area contributed by atoms with Gasteiger partial charge >= 0.3 is 0 Å². The second-order valence-corrected chi connectivity index (χ2v) is 11.7. The van der Waals surface area contributed by atoms with Crippen LogP contribution in [0.4, 0.5) is 5.82 Å². The maximum absolute atomic E-state index is 9.77. The Morgan fingerprint density at radius 2 is 2.14 bits per heavy atom. The van der Waals surface area contributed by atoms with E-state index in [9.17, 15) is 5.11 Å². The molecule has 21 heavy (non-hydrogen) atoms. The van der Waals surface area contributed by atoms with Gasteiger partial charge in [0.2, 0.25) is 5.28 Å². The zero-order chi connectivity index (χ0) is 15.5. The summed E-state index contributed by atoms with van der Waals surface area (Å²) in [6.07, 6.45) is 5.11. The first-order chi connectivity index (χ1) is 9.83. The summed E-state index contributed by atoms with van der Waals surface area (Å²) in [5.41, 5.74) is 4.10. The lowest BCUT2D eigenvalue weighted by Gasteiger charge is -2.27. The van der Waals surface area contributed by atoms with Gasteiger partial charge in [-0.15, -0.1) is 5.54 Å². The largest absolute Gasteiger partial charge is 0.393 e. The number of aliphatic hydroxyl groups excluding tert-OH is 1. The lowest BCUT2D eigenvalue weighted by atomic mass is 9.93. The number of hydrogen-bond donors (Lipinski definition) is 2. The first kappa shape index (κ1) is 16.3. The fourth-order valence-electron chi connectivity index (χ4n) is 2.31. The highest BCUT2D eigenvalue weighted by atomic mass is 35.5. The Morgan fingerprint density at radius 3 is 2.81 bits per heavy atom. The summed E-state index contributed by atoms with van der Waals surface area (Å²) in [5.74, 6) is 3.86. The maximum atomic E-state index is 9.77. The van der Waals surface area contributed by atoms with Crippen LogP contribution in [-0.2, 0) is 0 Å². The Bertz CT molecular complexity index is 562. The Hall–Kier alpha value is -1.09. The molecule has 2 N–H and O–H groups in total.